The number of carbonyl (C=O) groups is 1. The highest BCUT2D eigenvalue weighted by molar-refractivity contribution is 5.99. The first-order valence-electron chi connectivity index (χ1n) is 10.3. The quantitative estimate of drug-likeness (QED) is 0.679. The summed E-state index contributed by atoms with van der Waals surface area (Å²) in [7, 11) is 0. The summed E-state index contributed by atoms with van der Waals surface area (Å²) in [6, 6.07) is 14.5. The minimum atomic E-state index is -0.0300. The average molecular weight is 376 g/mol. The van der Waals surface area contributed by atoms with Crippen LogP contribution in [0.2, 0.25) is 0 Å². The van der Waals surface area contributed by atoms with Crippen LogP contribution in [-0.2, 0) is 13.1 Å². The van der Waals surface area contributed by atoms with Gasteiger partial charge in [-0.3, -0.25) is 9.69 Å². The fourth-order valence-corrected chi connectivity index (χ4v) is 4.03. The second-order valence-electron chi connectivity index (χ2n) is 7.97. The number of likely N-dealkylation sites (tertiary alicyclic amines) is 1. The zero-order valence-corrected chi connectivity index (χ0v) is 16.8. The van der Waals surface area contributed by atoms with E-state index in [1.54, 1.807) is 0 Å². The van der Waals surface area contributed by atoms with Crippen LogP contribution in [0, 0.1) is 13.8 Å². The maximum Gasteiger partial charge on any atom is 0.251 e. The van der Waals surface area contributed by atoms with Gasteiger partial charge in [-0.2, -0.15) is 0 Å². The normalized spacial score (nSPS) is 15.1. The fraction of sp³-hybridized carbons (Fsp3) is 0.375. The third-order valence-electron chi connectivity index (χ3n) is 5.90. The van der Waals surface area contributed by atoms with Crippen molar-refractivity contribution in [2.75, 3.05) is 13.1 Å². The first-order chi connectivity index (χ1) is 13.6. The van der Waals surface area contributed by atoms with Crippen molar-refractivity contribution in [2.45, 2.75) is 46.2 Å². The maximum atomic E-state index is 12.6. The van der Waals surface area contributed by atoms with Crippen LogP contribution in [0.1, 0.15) is 52.0 Å². The van der Waals surface area contributed by atoms with Crippen LogP contribution in [0.15, 0.2) is 42.5 Å². The molecule has 1 aliphatic rings. The summed E-state index contributed by atoms with van der Waals surface area (Å²) in [4.78, 5) is 18.5. The molecule has 1 fully saturated rings. The van der Waals surface area contributed by atoms with Crippen molar-refractivity contribution in [1.29, 1.82) is 0 Å². The van der Waals surface area contributed by atoms with E-state index in [1.165, 1.54) is 43.5 Å². The molecule has 4 nitrogen and oxygen atoms in total. The molecule has 28 heavy (non-hydrogen) atoms. The predicted molar refractivity (Wildman–Crippen MR) is 115 cm³/mol. The van der Waals surface area contributed by atoms with E-state index in [-0.39, 0.29) is 5.91 Å². The number of nitrogens with zero attached hydrogens (tertiary/aromatic N) is 1. The molecule has 0 aliphatic carbocycles. The number of nitrogens with one attached hydrogen (secondary N) is 2. The number of rotatable bonds is 5. The van der Waals surface area contributed by atoms with Crippen LogP contribution in [0.5, 0.6) is 0 Å². The minimum absolute atomic E-state index is 0.0300. The topological polar surface area (TPSA) is 48.1 Å². The van der Waals surface area contributed by atoms with Crippen LogP contribution in [-0.4, -0.2) is 28.9 Å². The fourth-order valence-electron chi connectivity index (χ4n) is 4.03. The lowest BCUT2D eigenvalue weighted by Gasteiger charge is -2.26. The highest BCUT2D eigenvalue weighted by Crippen LogP contribution is 2.22. The maximum absolute atomic E-state index is 12.6. The molecular formula is C24H29N3O. The number of carbonyl (C=O) groups excluding carboxylic acids is 1. The number of hydrogen-bond acceptors (Lipinski definition) is 2. The molecule has 1 aliphatic heterocycles. The molecule has 3 aromatic rings. The summed E-state index contributed by atoms with van der Waals surface area (Å²) >= 11 is 0. The van der Waals surface area contributed by atoms with E-state index in [4.69, 9.17) is 0 Å². The molecule has 0 atom stereocenters. The van der Waals surface area contributed by atoms with E-state index in [0.29, 0.717) is 12.1 Å². The predicted octanol–water partition coefficient (Wildman–Crippen LogP) is 4.70. The third-order valence-corrected chi connectivity index (χ3v) is 5.90. The second kappa shape index (κ2) is 8.19. The first kappa shape index (κ1) is 18.8. The Kier molecular flexibility index (Phi) is 5.49. The van der Waals surface area contributed by atoms with Crippen molar-refractivity contribution in [1.82, 2.24) is 15.2 Å². The van der Waals surface area contributed by atoms with E-state index >= 15 is 0 Å². The highest BCUT2D eigenvalue weighted by Gasteiger charge is 2.11. The second-order valence-corrected chi connectivity index (χ2v) is 7.97. The number of aryl methyl sites for hydroxylation is 2. The van der Waals surface area contributed by atoms with Crippen molar-refractivity contribution in [3.63, 3.8) is 0 Å². The number of piperidine rings is 1. The molecule has 0 bridgehead atoms. The Morgan fingerprint density at radius 1 is 1.00 bits per heavy atom. The van der Waals surface area contributed by atoms with Gasteiger partial charge in [0.2, 0.25) is 0 Å². The number of fused-ring (bicyclic) bond motifs is 1. The first-order valence-corrected chi connectivity index (χ1v) is 10.3. The SMILES string of the molecule is Cc1[nH]c2ccc(C(=O)NCc3ccc(CN4CCCCC4)cc3)cc2c1C. The molecule has 2 aromatic carbocycles. The van der Waals surface area contributed by atoms with E-state index in [9.17, 15) is 4.79 Å². The molecule has 4 heteroatoms. The lowest BCUT2D eigenvalue weighted by atomic mass is 10.1. The zero-order chi connectivity index (χ0) is 19.5. The Hall–Kier alpha value is -2.59. The lowest BCUT2D eigenvalue weighted by Crippen LogP contribution is -2.29. The van der Waals surface area contributed by atoms with Gasteiger partial charge in [-0.15, -0.1) is 0 Å². The van der Waals surface area contributed by atoms with Crippen LogP contribution >= 0.6 is 0 Å². The molecule has 0 unspecified atom stereocenters. The highest BCUT2D eigenvalue weighted by atomic mass is 16.1. The van der Waals surface area contributed by atoms with Crippen molar-refractivity contribution in [3.05, 3.63) is 70.4 Å². The van der Waals surface area contributed by atoms with Crippen LogP contribution in [0.3, 0.4) is 0 Å². The molecule has 1 saturated heterocycles. The van der Waals surface area contributed by atoms with Gasteiger partial charge in [0.25, 0.3) is 5.91 Å². The number of aromatic amines is 1. The van der Waals surface area contributed by atoms with Gasteiger partial charge in [-0.25, -0.2) is 0 Å². The van der Waals surface area contributed by atoms with Gasteiger partial charge in [-0.05, 0) is 74.7 Å². The van der Waals surface area contributed by atoms with Gasteiger partial charge in [-0.1, -0.05) is 30.7 Å². The molecule has 1 amide bonds. The molecule has 2 heterocycles. The Morgan fingerprint density at radius 2 is 1.71 bits per heavy atom. The third kappa shape index (κ3) is 4.12. The van der Waals surface area contributed by atoms with Gasteiger partial charge in [0.15, 0.2) is 0 Å². The largest absolute Gasteiger partial charge is 0.358 e. The van der Waals surface area contributed by atoms with Gasteiger partial charge < -0.3 is 10.3 Å². The summed E-state index contributed by atoms with van der Waals surface area (Å²) in [6.07, 6.45) is 4.00. The van der Waals surface area contributed by atoms with Crippen molar-refractivity contribution < 1.29 is 4.79 Å². The van der Waals surface area contributed by atoms with Crippen molar-refractivity contribution in [2.24, 2.45) is 0 Å². The molecular weight excluding hydrogens is 346 g/mol. The lowest BCUT2D eigenvalue weighted by molar-refractivity contribution is 0.0951. The molecule has 1 aromatic heterocycles. The Bertz CT molecular complexity index is 965. The smallest absolute Gasteiger partial charge is 0.251 e. The Balaban J connectivity index is 1.36. The van der Waals surface area contributed by atoms with Crippen molar-refractivity contribution >= 4 is 16.8 Å². The number of hydrogen-bond donors (Lipinski definition) is 2. The number of benzene rings is 2. The molecule has 2 N–H and O–H groups in total. The monoisotopic (exact) mass is 375 g/mol. The molecule has 4 rings (SSSR count). The van der Waals surface area contributed by atoms with E-state index in [2.05, 4.69) is 53.3 Å². The van der Waals surface area contributed by atoms with E-state index in [0.717, 1.165) is 28.7 Å². The minimum Gasteiger partial charge on any atom is -0.358 e. The Morgan fingerprint density at radius 3 is 2.46 bits per heavy atom. The van der Waals surface area contributed by atoms with Gasteiger partial charge in [0, 0.05) is 35.2 Å². The van der Waals surface area contributed by atoms with Crippen LogP contribution < -0.4 is 5.32 Å². The summed E-state index contributed by atoms with van der Waals surface area (Å²) < 4.78 is 0. The van der Waals surface area contributed by atoms with Crippen LogP contribution in [0.4, 0.5) is 0 Å². The van der Waals surface area contributed by atoms with Gasteiger partial charge >= 0.3 is 0 Å². The van der Waals surface area contributed by atoms with Crippen LogP contribution in [0.25, 0.3) is 10.9 Å². The summed E-state index contributed by atoms with van der Waals surface area (Å²) in [6.45, 7) is 8.14. The Labute approximate surface area is 166 Å². The molecule has 146 valence electrons. The number of H-pyrrole nitrogens is 1. The van der Waals surface area contributed by atoms with Gasteiger partial charge in [0.1, 0.15) is 0 Å². The molecule has 0 radical (unpaired) electrons. The number of amides is 1. The van der Waals surface area contributed by atoms with Gasteiger partial charge in [0.05, 0.1) is 0 Å². The standard InChI is InChI=1S/C24H29N3O/c1-17-18(2)26-23-11-10-21(14-22(17)23)24(28)25-15-19-6-8-20(9-7-19)16-27-12-4-3-5-13-27/h6-11,14,26H,3-5,12-13,15-16H2,1-2H3,(H,25,28). The number of aromatic nitrogens is 1. The summed E-state index contributed by atoms with van der Waals surface area (Å²) in [5.74, 6) is -0.0300. The summed E-state index contributed by atoms with van der Waals surface area (Å²) in [5.41, 5.74) is 6.62. The zero-order valence-electron chi connectivity index (χ0n) is 16.8. The van der Waals surface area contributed by atoms with E-state index in [1.807, 2.05) is 18.2 Å². The average Bonchev–Trinajstić information content (AvgIpc) is 3.01. The molecule has 0 spiro atoms. The summed E-state index contributed by atoms with van der Waals surface area (Å²) in [5, 5.41) is 4.17. The van der Waals surface area contributed by atoms with Crippen molar-refractivity contribution in [3.8, 4) is 0 Å². The molecule has 0 saturated carbocycles. The van der Waals surface area contributed by atoms with E-state index < -0.39 is 0 Å².